The summed E-state index contributed by atoms with van der Waals surface area (Å²) < 4.78 is 7.96. The molecular weight excluding hydrogens is 362 g/mol. The van der Waals surface area contributed by atoms with Gasteiger partial charge in [0.1, 0.15) is 18.2 Å². The van der Waals surface area contributed by atoms with Gasteiger partial charge in [-0.25, -0.2) is 4.98 Å². The third-order valence-electron chi connectivity index (χ3n) is 4.64. The molecule has 0 aliphatic carbocycles. The Hall–Kier alpha value is -3.28. The minimum Gasteiger partial charge on any atom is -0.492 e. The SMILES string of the molecule is CN=C(NCCc1nccn1Cc1ccccc1)N(C)CCOc1ccccc1. The second kappa shape index (κ2) is 10.9. The molecule has 1 heterocycles. The van der Waals surface area contributed by atoms with E-state index < -0.39 is 0 Å². The van der Waals surface area contributed by atoms with Crippen LogP contribution in [0.1, 0.15) is 11.4 Å². The molecule has 2 aromatic carbocycles. The molecule has 0 radical (unpaired) electrons. The van der Waals surface area contributed by atoms with Gasteiger partial charge >= 0.3 is 0 Å². The third-order valence-corrected chi connectivity index (χ3v) is 4.64. The molecule has 3 aromatic rings. The fourth-order valence-corrected chi connectivity index (χ4v) is 3.09. The number of ether oxygens (including phenoxy) is 1. The van der Waals surface area contributed by atoms with E-state index >= 15 is 0 Å². The first kappa shape index (κ1) is 20.5. The largest absolute Gasteiger partial charge is 0.492 e. The molecule has 0 saturated carbocycles. The van der Waals surface area contributed by atoms with Gasteiger partial charge in [-0.15, -0.1) is 0 Å². The summed E-state index contributed by atoms with van der Waals surface area (Å²) in [7, 11) is 3.81. The van der Waals surface area contributed by atoms with Crippen LogP contribution >= 0.6 is 0 Å². The molecule has 29 heavy (non-hydrogen) atoms. The first-order chi connectivity index (χ1) is 14.3. The summed E-state index contributed by atoms with van der Waals surface area (Å²) in [5, 5.41) is 3.41. The summed E-state index contributed by atoms with van der Waals surface area (Å²) in [4.78, 5) is 11.0. The van der Waals surface area contributed by atoms with Crippen molar-refractivity contribution in [2.45, 2.75) is 13.0 Å². The summed E-state index contributed by atoms with van der Waals surface area (Å²) in [5.41, 5.74) is 1.27. The first-order valence-electron chi connectivity index (χ1n) is 9.90. The van der Waals surface area contributed by atoms with Crippen molar-refractivity contribution in [3.8, 4) is 5.75 Å². The van der Waals surface area contributed by atoms with Gasteiger partial charge in [-0.2, -0.15) is 0 Å². The average Bonchev–Trinajstić information content (AvgIpc) is 3.19. The highest BCUT2D eigenvalue weighted by Crippen LogP contribution is 2.08. The maximum Gasteiger partial charge on any atom is 0.193 e. The van der Waals surface area contributed by atoms with E-state index in [0.717, 1.165) is 43.6 Å². The zero-order chi connectivity index (χ0) is 20.3. The van der Waals surface area contributed by atoms with E-state index in [-0.39, 0.29) is 0 Å². The zero-order valence-corrected chi connectivity index (χ0v) is 17.2. The predicted molar refractivity (Wildman–Crippen MR) is 117 cm³/mol. The number of para-hydroxylation sites is 1. The average molecular weight is 392 g/mol. The summed E-state index contributed by atoms with van der Waals surface area (Å²) >= 11 is 0. The molecular formula is C23H29N5O. The minimum atomic E-state index is 0.600. The number of aliphatic imine (C=N–C) groups is 1. The lowest BCUT2D eigenvalue weighted by atomic mass is 10.2. The van der Waals surface area contributed by atoms with Gasteiger partial charge in [-0.3, -0.25) is 4.99 Å². The first-order valence-corrected chi connectivity index (χ1v) is 9.90. The van der Waals surface area contributed by atoms with E-state index in [2.05, 4.69) is 49.0 Å². The van der Waals surface area contributed by atoms with Gasteiger partial charge in [0.2, 0.25) is 0 Å². The van der Waals surface area contributed by atoms with Crippen LogP contribution in [0.25, 0.3) is 0 Å². The van der Waals surface area contributed by atoms with Crippen molar-refractivity contribution >= 4 is 5.96 Å². The van der Waals surface area contributed by atoms with Crippen molar-refractivity contribution in [3.05, 3.63) is 84.4 Å². The Morgan fingerprint density at radius 3 is 2.55 bits per heavy atom. The Labute approximate surface area is 172 Å². The van der Waals surface area contributed by atoms with Crippen LogP contribution in [-0.4, -0.2) is 54.2 Å². The highest BCUT2D eigenvalue weighted by atomic mass is 16.5. The molecule has 152 valence electrons. The summed E-state index contributed by atoms with van der Waals surface area (Å²) in [6.45, 7) is 2.95. The molecule has 6 heteroatoms. The smallest absolute Gasteiger partial charge is 0.193 e. The second-order valence-electron chi connectivity index (χ2n) is 6.76. The molecule has 0 aliphatic heterocycles. The van der Waals surface area contributed by atoms with Crippen molar-refractivity contribution in [2.24, 2.45) is 4.99 Å². The highest BCUT2D eigenvalue weighted by Gasteiger charge is 2.08. The maximum atomic E-state index is 5.77. The molecule has 1 aromatic heterocycles. The lowest BCUT2D eigenvalue weighted by Gasteiger charge is -2.22. The van der Waals surface area contributed by atoms with Crippen LogP contribution < -0.4 is 10.1 Å². The molecule has 1 N–H and O–H groups in total. The van der Waals surface area contributed by atoms with Gasteiger partial charge in [0.25, 0.3) is 0 Å². The number of aromatic nitrogens is 2. The number of benzene rings is 2. The molecule has 0 aliphatic rings. The van der Waals surface area contributed by atoms with E-state index in [0.29, 0.717) is 6.61 Å². The number of imidazole rings is 1. The van der Waals surface area contributed by atoms with Crippen LogP contribution in [0.4, 0.5) is 0 Å². The van der Waals surface area contributed by atoms with Crippen molar-refractivity contribution in [3.63, 3.8) is 0 Å². The molecule has 6 nitrogen and oxygen atoms in total. The van der Waals surface area contributed by atoms with E-state index in [1.165, 1.54) is 5.56 Å². The van der Waals surface area contributed by atoms with Gasteiger partial charge in [0.05, 0.1) is 6.54 Å². The summed E-state index contributed by atoms with van der Waals surface area (Å²) in [6.07, 6.45) is 4.72. The number of likely N-dealkylation sites (N-methyl/N-ethyl adjacent to an activating group) is 1. The normalized spacial score (nSPS) is 11.3. The summed E-state index contributed by atoms with van der Waals surface area (Å²) in [6, 6.07) is 20.3. The predicted octanol–water partition coefficient (Wildman–Crippen LogP) is 3.06. The Bertz CT molecular complexity index is 877. The highest BCUT2D eigenvalue weighted by molar-refractivity contribution is 5.79. The molecule has 0 saturated heterocycles. The van der Waals surface area contributed by atoms with Crippen LogP contribution in [-0.2, 0) is 13.0 Å². The van der Waals surface area contributed by atoms with Gasteiger partial charge < -0.3 is 19.5 Å². The quantitative estimate of drug-likeness (QED) is 0.450. The van der Waals surface area contributed by atoms with E-state index in [1.807, 2.05) is 55.8 Å². The lowest BCUT2D eigenvalue weighted by Crippen LogP contribution is -2.41. The van der Waals surface area contributed by atoms with Gasteiger partial charge in [0, 0.05) is 46.0 Å². The molecule has 0 unspecified atom stereocenters. The molecule has 0 fully saturated rings. The van der Waals surface area contributed by atoms with Crippen LogP contribution in [0.5, 0.6) is 5.75 Å². The lowest BCUT2D eigenvalue weighted by molar-refractivity contribution is 0.281. The van der Waals surface area contributed by atoms with Crippen molar-refractivity contribution in [1.82, 2.24) is 19.8 Å². The Morgan fingerprint density at radius 1 is 1.10 bits per heavy atom. The van der Waals surface area contributed by atoms with Crippen LogP contribution in [0.3, 0.4) is 0 Å². The summed E-state index contributed by atoms with van der Waals surface area (Å²) in [5.74, 6) is 2.80. The number of hydrogen-bond acceptors (Lipinski definition) is 3. The molecule has 0 atom stereocenters. The standard InChI is InChI=1S/C23H29N5O/c1-24-23(27(2)17-18-29-21-11-7-4-8-12-21)26-14-13-22-25-15-16-28(22)19-20-9-5-3-6-10-20/h3-12,15-16H,13-14,17-19H2,1-2H3,(H,24,26). The Morgan fingerprint density at radius 2 is 1.83 bits per heavy atom. The zero-order valence-electron chi connectivity index (χ0n) is 17.2. The number of hydrogen-bond donors (Lipinski definition) is 1. The molecule has 0 amide bonds. The van der Waals surface area contributed by atoms with E-state index in [1.54, 1.807) is 7.05 Å². The van der Waals surface area contributed by atoms with Crippen molar-refractivity contribution in [2.75, 3.05) is 33.8 Å². The number of rotatable bonds is 9. The van der Waals surface area contributed by atoms with Gasteiger partial charge in [0.15, 0.2) is 5.96 Å². The Balaban J connectivity index is 1.43. The van der Waals surface area contributed by atoms with E-state index in [9.17, 15) is 0 Å². The molecule has 0 spiro atoms. The molecule has 0 bridgehead atoms. The van der Waals surface area contributed by atoms with Crippen LogP contribution in [0.15, 0.2) is 78.0 Å². The fourth-order valence-electron chi connectivity index (χ4n) is 3.09. The molecule has 3 rings (SSSR count). The van der Waals surface area contributed by atoms with Crippen molar-refractivity contribution in [1.29, 1.82) is 0 Å². The maximum absolute atomic E-state index is 5.77. The topological polar surface area (TPSA) is 54.7 Å². The second-order valence-corrected chi connectivity index (χ2v) is 6.76. The monoisotopic (exact) mass is 391 g/mol. The van der Waals surface area contributed by atoms with Crippen LogP contribution in [0, 0.1) is 0 Å². The van der Waals surface area contributed by atoms with Crippen LogP contribution in [0.2, 0.25) is 0 Å². The minimum absolute atomic E-state index is 0.600. The number of nitrogens with zero attached hydrogens (tertiary/aromatic N) is 4. The number of guanidine groups is 1. The van der Waals surface area contributed by atoms with Gasteiger partial charge in [-0.1, -0.05) is 48.5 Å². The van der Waals surface area contributed by atoms with Gasteiger partial charge in [-0.05, 0) is 17.7 Å². The number of nitrogens with one attached hydrogen (secondary N) is 1. The van der Waals surface area contributed by atoms with E-state index in [4.69, 9.17) is 4.74 Å². The third kappa shape index (κ3) is 6.38. The van der Waals surface area contributed by atoms with Crippen molar-refractivity contribution < 1.29 is 4.74 Å². The Kier molecular flexibility index (Phi) is 7.69. The fraction of sp³-hybridized carbons (Fsp3) is 0.304.